The van der Waals surface area contributed by atoms with Crippen molar-refractivity contribution in [3.63, 3.8) is 0 Å². The first-order chi connectivity index (χ1) is 5.42. The van der Waals surface area contributed by atoms with Gasteiger partial charge in [0, 0.05) is 6.42 Å². The van der Waals surface area contributed by atoms with Crippen molar-refractivity contribution < 1.29 is 22.5 Å². The van der Waals surface area contributed by atoms with Crippen molar-refractivity contribution in [3.8, 4) is 0 Å². The highest BCUT2D eigenvalue weighted by Crippen LogP contribution is 1.86. The number of hydrogen-bond acceptors (Lipinski definition) is 4. The quantitative estimate of drug-likeness (QED) is 0.330. The van der Waals surface area contributed by atoms with E-state index in [-0.39, 0.29) is 6.61 Å². The van der Waals surface area contributed by atoms with Gasteiger partial charge in [0.05, 0.1) is 19.2 Å². The third-order valence-electron chi connectivity index (χ3n) is 1.21. The monoisotopic (exact) mass is 197 g/mol. The zero-order valence-corrected chi connectivity index (χ0v) is 8.13. The fourth-order valence-corrected chi connectivity index (χ4v) is 1.02. The fourth-order valence-electron chi connectivity index (χ4n) is 0.696. The molecule has 0 radical (unpaired) electrons. The molecular weight excluding hydrogens is 182 g/mol. The Labute approximate surface area is 73.1 Å². The molecule has 12 heavy (non-hydrogen) atoms. The predicted octanol–water partition coefficient (Wildman–Crippen LogP) is -1.17. The van der Waals surface area contributed by atoms with Crippen molar-refractivity contribution in [2.24, 2.45) is 0 Å². The highest BCUT2D eigenvalue weighted by molar-refractivity contribution is 7.80. The van der Waals surface area contributed by atoms with Crippen molar-refractivity contribution in [2.75, 3.05) is 13.2 Å². The fraction of sp³-hybridized carbons (Fsp3) is 1.00. The molecule has 0 spiro atoms. The Morgan fingerprint density at radius 2 is 2.08 bits per heavy atom. The lowest BCUT2D eigenvalue weighted by Gasteiger charge is -2.07. The largest absolute Gasteiger partial charge is 0.726 e. The van der Waals surface area contributed by atoms with E-state index >= 15 is 0 Å². The molecule has 2 N–H and O–H groups in total. The molecule has 0 saturated heterocycles. The normalized spacial score (nSPS) is 12.3. The van der Waals surface area contributed by atoms with E-state index in [9.17, 15) is 13.0 Å². The minimum atomic E-state index is -4.49. The molecule has 0 saturated carbocycles. The first-order valence-corrected chi connectivity index (χ1v) is 5.18. The lowest BCUT2D eigenvalue weighted by Crippen LogP contribution is -2.88. The van der Waals surface area contributed by atoms with E-state index in [1.807, 2.05) is 19.2 Å². The Morgan fingerprint density at radius 3 is 2.50 bits per heavy atom. The van der Waals surface area contributed by atoms with Gasteiger partial charge < -0.3 is 9.87 Å². The first kappa shape index (κ1) is 11.8. The summed E-state index contributed by atoms with van der Waals surface area (Å²) in [5, 5.41) is 2.04. The third kappa shape index (κ3) is 9.83. The van der Waals surface area contributed by atoms with Crippen LogP contribution in [0.3, 0.4) is 0 Å². The molecule has 0 atom stereocenters. The zero-order valence-electron chi connectivity index (χ0n) is 7.32. The van der Waals surface area contributed by atoms with Crippen molar-refractivity contribution >= 4 is 10.4 Å². The number of quaternary nitrogens is 1. The Balaban J connectivity index is 3.23. The molecule has 0 bridgehead atoms. The van der Waals surface area contributed by atoms with Crippen LogP contribution in [-0.2, 0) is 14.6 Å². The Morgan fingerprint density at radius 1 is 1.50 bits per heavy atom. The van der Waals surface area contributed by atoms with Gasteiger partial charge in [-0.15, -0.1) is 0 Å². The molecule has 0 aliphatic heterocycles. The Hall–Kier alpha value is -0.170. The summed E-state index contributed by atoms with van der Waals surface area (Å²) < 4.78 is 33.8. The topological polar surface area (TPSA) is 83.0 Å². The van der Waals surface area contributed by atoms with Crippen LogP contribution in [0.15, 0.2) is 0 Å². The second-order valence-corrected chi connectivity index (χ2v) is 3.90. The molecule has 0 aliphatic rings. The molecule has 0 unspecified atom stereocenters. The number of hydrogen-bond donors (Lipinski definition) is 1. The van der Waals surface area contributed by atoms with Gasteiger partial charge in [-0.25, -0.2) is 8.42 Å². The molecule has 0 aromatic rings. The van der Waals surface area contributed by atoms with E-state index in [4.69, 9.17) is 0 Å². The summed E-state index contributed by atoms with van der Waals surface area (Å²) in [6, 6.07) is 0.480. The summed E-state index contributed by atoms with van der Waals surface area (Å²) in [7, 11) is -4.49. The van der Waals surface area contributed by atoms with Crippen LogP contribution in [0.1, 0.15) is 20.3 Å². The molecular formula is C6H15NO4S. The molecule has 0 aliphatic carbocycles. The van der Waals surface area contributed by atoms with Gasteiger partial charge in [-0.3, -0.25) is 4.18 Å². The summed E-state index contributed by atoms with van der Waals surface area (Å²) >= 11 is 0. The van der Waals surface area contributed by atoms with Crippen molar-refractivity contribution in [3.05, 3.63) is 0 Å². The summed E-state index contributed by atoms with van der Waals surface area (Å²) in [6.07, 6.45) is 0.569. The third-order valence-corrected chi connectivity index (χ3v) is 1.67. The van der Waals surface area contributed by atoms with E-state index in [2.05, 4.69) is 4.18 Å². The SMILES string of the molecule is CC(C)[NH2+]CCCOS(=O)(=O)[O-]. The molecule has 74 valence electrons. The van der Waals surface area contributed by atoms with E-state index in [1.54, 1.807) is 0 Å². The standard InChI is InChI=1S/C6H15NO4S/c1-6(2)7-4-3-5-11-12(8,9)10/h6-7H,3-5H2,1-2H3,(H,8,9,10). The maximum absolute atomic E-state index is 9.94. The Bertz CT molecular complexity index is 200. The zero-order chi connectivity index (χ0) is 9.61. The minimum Gasteiger partial charge on any atom is -0.726 e. The van der Waals surface area contributed by atoms with Crippen molar-refractivity contribution in [2.45, 2.75) is 26.3 Å². The second kappa shape index (κ2) is 5.47. The van der Waals surface area contributed by atoms with E-state index in [0.29, 0.717) is 12.5 Å². The van der Waals surface area contributed by atoms with Crippen LogP contribution < -0.4 is 5.32 Å². The molecule has 0 fully saturated rings. The molecule has 6 heteroatoms. The minimum absolute atomic E-state index is 0.0188. The predicted molar refractivity (Wildman–Crippen MR) is 42.2 cm³/mol. The molecule has 0 rings (SSSR count). The maximum atomic E-state index is 9.94. The summed E-state index contributed by atoms with van der Waals surface area (Å²) in [5.41, 5.74) is 0. The smallest absolute Gasteiger partial charge is 0.217 e. The van der Waals surface area contributed by atoms with Crippen LogP contribution in [0.4, 0.5) is 0 Å². The average molecular weight is 197 g/mol. The Kier molecular flexibility index (Phi) is 5.39. The molecule has 0 aromatic carbocycles. The van der Waals surface area contributed by atoms with Gasteiger partial charge in [-0.1, -0.05) is 0 Å². The van der Waals surface area contributed by atoms with Crippen molar-refractivity contribution in [1.82, 2.24) is 0 Å². The van der Waals surface area contributed by atoms with Gasteiger partial charge in [0.25, 0.3) is 0 Å². The van der Waals surface area contributed by atoms with Crippen LogP contribution in [0.5, 0.6) is 0 Å². The summed E-state index contributed by atoms with van der Waals surface area (Å²) in [4.78, 5) is 0. The summed E-state index contributed by atoms with van der Waals surface area (Å²) in [6.45, 7) is 4.82. The average Bonchev–Trinajstić information content (AvgIpc) is 1.83. The van der Waals surface area contributed by atoms with Crippen LogP contribution in [0, 0.1) is 0 Å². The molecule has 0 aromatic heterocycles. The van der Waals surface area contributed by atoms with Gasteiger partial charge in [-0.2, -0.15) is 0 Å². The van der Waals surface area contributed by atoms with E-state index in [1.165, 1.54) is 0 Å². The van der Waals surface area contributed by atoms with E-state index < -0.39 is 10.4 Å². The number of nitrogens with two attached hydrogens (primary N) is 1. The van der Waals surface area contributed by atoms with Gasteiger partial charge in [0.1, 0.15) is 0 Å². The molecule has 5 nitrogen and oxygen atoms in total. The summed E-state index contributed by atoms with van der Waals surface area (Å²) in [5.74, 6) is 0. The van der Waals surface area contributed by atoms with Crippen LogP contribution in [-0.4, -0.2) is 32.2 Å². The maximum Gasteiger partial charge on any atom is 0.217 e. The van der Waals surface area contributed by atoms with Gasteiger partial charge in [-0.05, 0) is 13.8 Å². The highest BCUT2D eigenvalue weighted by atomic mass is 32.3. The second-order valence-electron chi connectivity index (χ2n) is 2.85. The molecule has 0 amide bonds. The van der Waals surface area contributed by atoms with Crippen LogP contribution >= 0.6 is 0 Å². The van der Waals surface area contributed by atoms with Gasteiger partial charge in [0.15, 0.2) is 0 Å². The first-order valence-electron chi connectivity index (χ1n) is 3.85. The lowest BCUT2D eigenvalue weighted by atomic mass is 10.3. The van der Waals surface area contributed by atoms with Crippen LogP contribution in [0.2, 0.25) is 0 Å². The highest BCUT2D eigenvalue weighted by Gasteiger charge is 1.97. The molecule has 0 heterocycles. The van der Waals surface area contributed by atoms with Crippen LogP contribution in [0.25, 0.3) is 0 Å². The lowest BCUT2D eigenvalue weighted by molar-refractivity contribution is -0.683. The van der Waals surface area contributed by atoms with Gasteiger partial charge in [0.2, 0.25) is 10.4 Å². The van der Waals surface area contributed by atoms with E-state index in [0.717, 1.165) is 6.54 Å². The van der Waals surface area contributed by atoms with Crippen molar-refractivity contribution in [1.29, 1.82) is 0 Å². The number of rotatable bonds is 6. The van der Waals surface area contributed by atoms with Gasteiger partial charge >= 0.3 is 0 Å².